The summed E-state index contributed by atoms with van der Waals surface area (Å²) in [6, 6.07) is 5.46. The maximum absolute atomic E-state index is 6.06. The van der Waals surface area contributed by atoms with E-state index in [1.165, 1.54) is 0 Å². The topological polar surface area (TPSA) is 88.1 Å². The Morgan fingerprint density at radius 3 is 2.67 bits per heavy atom. The standard InChI is InChI=1S/C14H21N5O2/c1-9(2)13(8-20-3)19-14(16-17-18-19)11-7-10(21-4)5-6-12(11)15/h5-7,9,13H,8,15H2,1-4H3. The second kappa shape index (κ2) is 6.53. The Hall–Kier alpha value is -2.15. The van der Waals surface area contributed by atoms with Gasteiger partial charge in [-0.15, -0.1) is 5.10 Å². The molecule has 2 N–H and O–H groups in total. The summed E-state index contributed by atoms with van der Waals surface area (Å²) >= 11 is 0. The molecule has 2 rings (SSSR count). The number of ether oxygens (including phenoxy) is 2. The number of anilines is 1. The average Bonchev–Trinajstić information content (AvgIpc) is 2.93. The Labute approximate surface area is 124 Å². The van der Waals surface area contributed by atoms with Gasteiger partial charge in [0.2, 0.25) is 0 Å². The molecule has 0 spiro atoms. The zero-order valence-corrected chi connectivity index (χ0v) is 12.8. The van der Waals surface area contributed by atoms with Crippen LogP contribution in [0.15, 0.2) is 18.2 Å². The molecule has 2 aromatic rings. The van der Waals surface area contributed by atoms with Gasteiger partial charge in [0.1, 0.15) is 5.75 Å². The first-order valence-electron chi connectivity index (χ1n) is 6.79. The quantitative estimate of drug-likeness (QED) is 0.816. The molecule has 1 heterocycles. The van der Waals surface area contributed by atoms with Crippen molar-refractivity contribution in [3.63, 3.8) is 0 Å². The van der Waals surface area contributed by atoms with Gasteiger partial charge in [-0.25, -0.2) is 4.68 Å². The highest BCUT2D eigenvalue weighted by atomic mass is 16.5. The Kier molecular flexibility index (Phi) is 4.74. The van der Waals surface area contributed by atoms with Gasteiger partial charge in [0.25, 0.3) is 0 Å². The number of methoxy groups -OCH3 is 2. The lowest BCUT2D eigenvalue weighted by Crippen LogP contribution is -2.22. The molecule has 1 atom stereocenters. The summed E-state index contributed by atoms with van der Waals surface area (Å²) in [7, 11) is 3.28. The molecule has 0 amide bonds. The van der Waals surface area contributed by atoms with Crippen LogP contribution in [-0.4, -0.2) is 41.0 Å². The maximum atomic E-state index is 6.06. The first-order chi connectivity index (χ1) is 10.1. The fraction of sp³-hybridized carbons (Fsp3) is 0.500. The Bertz CT molecular complexity index is 597. The van der Waals surface area contributed by atoms with Crippen LogP contribution in [0.5, 0.6) is 5.75 Å². The molecule has 0 aliphatic heterocycles. The Morgan fingerprint density at radius 1 is 1.29 bits per heavy atom. The molecule has 0 bridgehead atoms. The summed E-state index contributed by atoms with van der Waals surface area (Å²) < 4.78 is 12.3. The van der Waals surface area contributed by atoms with Crippen molar-refractivity contribution in [3.05, 3.63) is 18.2 Å². The van der Waals surface area contributed by atoms with E-state index in [4.69, 9.17) is 15.2 Å². The number of nitrogens with zero attached hydrogens (tertiary/aromatic N) is 4. The molecule has 0 aliphatic rings. The highest BCUT2D eigenvalue weighted by Crippen LogP contribution is 2.30. The number of aromatic nitrogens is 4. The van der Waals surface area contributed by atoms with Crippen LogP contribution < -0.4 is 10.5 Å². The van der Waals surface area contributed by atoms with E-state index in [9.17, 15) is 0 Å². The first kappa shape index (κ1) is 15.2. The fourth-order valence-electron chi connectivity index (χ4n) is 2.17. The molecule has 1 unspecified atom stereocenters. The molecule has 1 aromatic heterocycles. The molecule has 7 nitrogen and oxygen atoms in total. The molecule has 114 valence electrons. The van der Waals surface area contributed by atoms with Gasteiger partial charge in [-0.2, -0.15) is 0 Å². The first-order valence-corrected chi connectivity index (χ1v) is 6.79. The van der Waals surface area contributed by atoms with Gasteiger partial charge in [0, 0.05) is 18.4 Å². The van der Waals surface area contributed by atoms with Crippen LogP contribution in [-0.2, 0) is 4.74 Å². The smallest absolute Gasteiger partial charge is 0.184 e. The van der Waals surface area contributed by atoms with Crippen molar-refractivity contribution >= 4 is 5.69 Å². The van der Waals surface area contributed by atoms with E-state index < -0.39 is 0 Å². The van der Waals surface area contributed by atoms with Crippen molar-refractivity contribution < 1.29 is 9.47 Å². The summed E-state index contributed by atoms with van der Waals surface area (Å²) in [6.45, 7) is 4.73. The van der Waals surface area contributed by atoms with Crippen molar-refractivity contribution in [2.24, 2.45) is 5.92 Å². The predicted octanol–water partition coefficient (Wildman–Crippen LogP) is 1.77. The second-order valence-corrected chi connectivity index (χ2v) is 5.17. The number of nitrogen functional groups attached to an aromatic ring is 1. The molecule has 7 heteroatoms. The van der Waals surface area contributed by atoms with Crippen molar-refractivity contribution in [2.75, 3.05) is 26.6 Å². The minimum atomic E-state index is 0.0330. The number of benzene rings is 1. The molecule has 0 saturated heterocycles. The van der Waals surface area contributed by atoms with Crippen LogP contribution >= 0.6 is 0 Å². The molecule has 1 aromatic carbocycles. The molecular formula is C14H21N5O2. The minimum absolute atomic E-state index is 0.0330. The molecule has 0 aliphatic carbocycles. The van der Waals surface area contributed by atoms with Crippen molar-refractivity contribution in [1.82, 2.24) is 20.2 Å². The lowest BCUT2D eigenvalue weighted by molar-refractivity contribution is 0.126. The van der Waals surface area contributed by atoms with Crippen molar-refractivity contribution in [2.45, 2.75) is 19.9 Å². The van der Waals surface area contributed by atoms with E-state index in [0.717, 1.165) is 5.56 Å². The van der Waals surface area contributed by atoms with Gasteiger partial charge in [-0.3, -0.25) is 0 Å². The van der Waals surface area contributed by atoms with E-state index in [1.54, 1.807) is 25.0 Å². The maximum Gasteiger partial charge on any atom is 0.184 e. The van der Waals surface area contributed by atoms with Crippen molar-refractivity contribution in [3.8, 4) is 17.1 Å². The van der Waals surface area contributed by atoms with E-state index in [0.29, 0.717) is 29.8 Å². The third kappa shape index (κ3) is 3.13. The molecule has 0 radical (unpaired) electrons. The highest BCUT2D eigenvalue weighted by molar-refractivity contribution is 5.73. The summed E-state index contributed by atoms with van der Waals surface area (Å²) in [6.07, 6.45) is 0. The largest absolute Gasteiger partial charge is 0.497 e. The van der Waals surface area contributed by atoms with Crippen LogP contribution in [0, 0.1) is 5.92 Å². The number of tetrazole rings is 1. The van der Waals surface area contributed by atoms with Crippen molar-refractivity contribution in [1.29, 1.82) is 0 Å². The summed E-state index contributed by atoms with van der Waals surface area (Å²) in [5.74, 6) is 1.64. The van der Waals surface area contributed by atoms with Crippen LogP contribution in [0.2, 0.25) is 0 Å². The Morgan fingerprint density at radius 2 is 2.05 bits per heavy atom. The van der Waals surface area contributed by atoms with E-state index in [-0.39, 0.29) is 6.04 Å². The van der Waals surface area contributed by atoms with Crippen LogP contribution in [0.1, 0.15) is 19.9 Å². The van der Waals surface area contributed by atoms with E-state index in [2.05, 4.69) is 29.4 Å². The van der Waals surface area contributed by atoms with E-state index >= 15 is 0 Å². The third-order valence-corrected chi connectivity index (χ3v) is 3.42. The third-order valence-electron chi connectivity index (χ3n) is 3.42. The lowest BCUT2D eigenvalue weighted by Gasteiger charge is -2.21. The Balaban J connectivity index is 2.49. The number of rotatable bonds is 6. The molecule has 0 fully saturated rings. The zero-order chi connectivity index (χ0) is 15.4. The van der Waals surface area contributed by atoms with Gasteiger partial charge in [-0.05, 0) is 34.5 Å². The molecular weight excluding hydrogens is 270 g/mol. The van der Waals surface area contributed by atoms with Crippen LogP contribution in [0.25, 0.3) is 11.4 Å². The fourth-order valence-corrected chi connectivity index (χ4v) is 2.17. The molecule has 0 saturated carbocycles. The normalized spacial score (nSPS) is 12.6. The zero-order valence-electron chi connectivity index (χ0n) is 12.8. The van der Waals surface area contributed by atoms with Gasteiger partial charge in [0.15, 0.2) is 5.82 Å². The second-order valence-electron chi connectivity index (χ2n) is 5.17. The number of nitrogens with two attached hydrogens (primary N) is 1. The minimum Gasteiger partial charge on any atom is -0.497 e. The summed E-state index contributed by atoms with van der Waals surface area (Å²) in [5, 5.41) is 12.0. The number of hydrogen-bond acceptors (Lipinski definition) is 6. The van der Waals surface area contributed by atoms with Crippen LogP contribution in [0.4, 0.5) is 5.69 Å². The highest BCUT2D eigenvalue weighted by Gasteiger charge is 2.23. The summed E-state index contributed by atoms with van der Waals surface area (Å²) in [5.41, 5.74) is 7.41. The molecule has 21 heavy (non-hydrogen) atoms. The monoisotopic (exact) mass is 291 g/mol. The summed E-state index contributed by atoms with van der Waals surface area (Å²) in [4.78, 5) is 0. The van der Waals surface area contributed by atoms with Gasteiger partial charge < -0.3 is 15.2 Å². The predicted molar refractivity (Wildman–Crippen MR) is 80.0 cm³/mol. The lowest BCUT2D eigenvalue weighted by atomic mass is 10.0. The van der Waals surface area contributed by atoms with Gasteiger partial charge in [-0.1, -0.05) is 13.8 Å². The van der Waals surface area contributed by atoms with E-state index in [1.807, 2.05) is 12.1 Å². The SMILES string of the molecule is COCC(C(C)C)n1nnnc1-c1cc(OC)ccc1N. The number of hydrogen-bond donors (Lipinski definition) is 1. The van der Waals surface area contributed by atoms with Crippen LogP contribution in [0.3, 0.4) is 0 Å². The van der Waals surface area contributed by atoms with Gasteiger partial charge >= 0.3 is 0 Å². The van der Waals surface area contributed by atoms with Gasteiger partial charge in [0.05, 0.1) is 19.8 Å². The average molecular weight is 291 g/mol.